The molecule has 0 atom stereocenters. The van der Waals surface area contributed by atoms with Gasteiger partial charge in [-0.05, 0) is 48.7 Å². The van der Waals surface area contributed by atoms with Crippen molar-refractivity contribution in [1.29, 1.82) is 0 Å². The van der Waals surface area contributed by atoms with E-state index in [1.54, 1.807) is 14.2 Å². The van der Waals surface area contributed by atoms with E-state index in [2.05, 4.69) is 6.92 Å². The molecule has 0 saturated carbocycles. The molecule has 0 radical (unpaired) electrons. The summed E-state index contributed by atoms with van der Waals surface area (Å²) in [5, 5.41) is 0. The summed E-state index contributed by atoms with van der Waals surface area (Å²) >= 11 is 0. The number of carbonyl (C=O) groups excluding carboxylic acids is 1. The van der Waals surface area contributed by atoms with Crippen molar-refractivity contribution in [1.82, 2.24) is 0 Å². The maximum atomic E-state index is 12.0. The summed E-state index contributed by atoms with van der Waals surface area (Å²) in [6.45, 7) is 3.25. The molecule has 2 aromatic carbocycles. The van der Waals surface area contributed by atoms with Gasteiger partial charge in [-0.3, -0.25) is 4.79 Å². The van der Waals surface area contributed by atoms with E-state index in [1.807, 2.05) is 42.5 Å². The maximum Gasteiger partial charge on any atom is 0.306 e. The maximum absolute atomic E-state index is 12.0. The largest absolute Gasteiger partial charge is 0.494 e. The molecule has 0 N–H and O–H groups in total. The molecule has 0 aromatic heterocycles. The van der Waals surface area contributed by atoms with Crippen LogP contribution in [0.3, 0.4) is 0 Å². The van der Waals surface area contributed by atoms with E-state index < -0.39 is 0 Å². The third-order valence-corrected chi connectivity index (χ3v) is 3.99. The van der Waals surface area contributed by atoms with Gasteiger partial charge in [-0.15, -0.1) is 0 Å². The van der Waals surface area contributed by atoms with Crippen LogP contribution in [0, 0.1) is 0 Å². The fourth-order valence-electron chi connectivity index (χ4n) is 2.63. The SMILES string of the molecule is CCCOc1ccc(OCCOC(=O)CCc2cccc(OC)c2OC)cc1. The monoisotopic (exact) mass is 388 g/mol. The average Bonchev–Trinajstić information content (AvgIpc) is 2.74. The van der Waals surface area contributed by atoms with Gasteiger partial charge in [0.2, 0.25) is 0 Å². The highest BCUT2D eigenvalue weighted by molar-refractivity contribution is 5.70. The van der Waals surface area contributed by atoms with Gasteiger partial charge in [0.15, 0.2) is 11.5 Å². The van der Waals surface area contributed by atoms with Gasteiger partial charge in [0.05, 0.1) is 20.8 Å². The van der Waals surface area contributed by atoms with Gasteiger partial charge in [-0.25, -0.2) is 0 Å². The van der Waals surface area contributed by atoms with Gasteiger partial charge in [-0.2, -0.15) is 0 Å². The van der Waals surface area contributed by atoms with Crippen LogP contribution in [-0.4, -0.2) is 40.0 Å². The van der Waals surface area contributed by atoms with Crippen molar-refractivity contribution in [2.75, 3.05) is 34.0 Å². The van der Waals surface area contributed by atoms with Gasteiger partial charge >= 0.3 is 5.97 Å². The van der Waals surface area contributed by atoms with Gasteiger partial charge < -0.3 is 23.7 Å². The molecule has 0 aliphatic heterocycles. The third-order valence-electron chi connectivity index (χ3n) is 3.99. The number of hydrogen-bond donors (Lipinski definition) is 0. The molecule has 0 bridgehead atoms. The van der Waals surface area contributed by atoms with Crippen molar-refractivity contribution in [3.63, 3.8) is 0 Å². The fraction of sp³-hybridized carbons (Fsp3) is 0.409. The van der Waals surface area contributed by atoms with Crippen LogP contribution in [0.1, 0.15) is 25.3 Å². The third kappa shape index (κ3) is 6.68. The van der Waals surface area contributed by atoms with E-state index >= 15 is 0 Å². The van der Waals surface area contributed by atoms with E-state index in [0.717, 1.165) is 17.7 Å². The molecule has 6 nitrogen and oxygen atoms in total. The lowest BCUT2D eigenvalue weighted by atomic mass is 10.1. The van der Waals surface area contributed by atoms with Crippen LogP contribution < -0.4 is 18.9 Å². The zero-order valence-corrected chi connectivity index (χ0v) is 16.7. The van der Waals surface area contributed by atoms with Crippen molar-refractivity contribution in [3.8, 4) is 23.0 Å². The minimum atomic E-state index is -0.281. The Morgan fingerprint density at radius 1 is 0.857 bits per heavy atom. The Morgan fingerprint density at radius 3 is 2.14 bits per heavy atom. The first-order chi connectivity index (χ1) is 13.7. The van der Waals surface area contributed by atoms with Gasteiger partial charge in [-0.1, -0.05) is 19.1 Å². The molecule has 0 heterocycles. The average molecular weight is 388 g/mol. The van der Waals surface area contributed by atoms with Crippen molar-refractivity contribution >= 4 is 5.97 Å². The second-order valence-electron chi connectivity index (χ2n) is 6.04. The summed E-state index contributed by atoms with van der Waals surface area (Å²) in [5.74, 6) is 2.53. The van der Waals surface area contributed by atoms with Crippen LogP contribution in [0.15, 0.2) is 42.5 Å². The Bertz CT molecular complexity index is 726. The molecule has 0 aliphatic rings. The van der Waals surface area contributed by atoms with Crippen molar-refractivity contribution in [2.45, 2.75) is 26.2 Å². The summed E-state index contributed by atoms with van der Waals surface area (Å²) in [5.41, 5.74) is 0.903. The topological polar surface area (TPSA) is 63.2 Å². The number of ether oxygens (including phenoxy) is 5. The Labute approximate surface area is 166 Å². The van der Waals surface area contributed by atoms with Gasteiger partial charge in [0.1, 0.15) is 24.7 Å². The number of aryl methyl sites for hydroxylation is 1. The van der Waals surface area contributed by atoms with Crippen molar-refractivity contribution in [3.05, 3.63) is 48.0 Å². The second kappa shape index (κ2) is 11.7. The Balaban J connectivity index is 1.69. The lowest BCUT2D eigenvalue weighted by Gasteiger charge is -2.12. The van der Waals surface area contributed by atoms with E-state index in [-0.39, 0.29) is 19.0 Å². The first-order valence-electron chi connectivity index (χ1n) is 9.39. The van der Waals surface area contributed by atoms with Crippen molar-refractivity contribution in [2.24, 2.45) is 0 Å². The molecular weight excluding hydrogens is 360 g/mol. The highest BCUT2D eigenvalue weighted by atomic mass is 16.6. The molecule has 0 saturated heterocycles. The predicted octanol–water partition coefficient (Wildman–Crippen LogP) is 4.05. The first-order valence-corrected chi connectivity index (χ1v) is 9.39. The number of benzene rings is 2. The molecular formula is C22H28O6. The number of hydrogen-bond acceptors (Lipinski definition) is 6. The highest BCUT2D eigenvalue weighted by Gasteiger charge is 2.11. The molecule has 0 spiro atoms. The summed E-state index contributed by atoms with van der Waals surface area (Å²) < 4.78 is 27.0. The minimum absolute atomic E-state index is 0.197. The predicted molar refractivity (Wildman–Crippen MR) is 107 cm³/mol. The van der Waals surface area contributed by atoms with E-state index in [9.17, 15) is 4.79 Å². The molecule has 0 unspecified atom stereocenters. The summed E-state index contributed by atoms with van der Waals surface area (Å²) in [6.07, 6.45) is 1.74. The standard InChI is InChI=1S/C22H28O6/c1-4-14-26-18-9-11-19(12-10-18)27-15-16-28-21(23)13-8-17-6-5-7-20(24-2)22(17)25-3/h5-7,9-12H,4,8,13-16H2,1-3H3. The molecule has 0 aliphatic carbocycles. The molecule has 152 valence electrons. The smallest absolute Gasteiger partial charge is 0.306 e. The minimum Gasteiger partial charge on any atom is -0.494 e. The molecule has 28 heavy (non-hydrogen) atoms. The lowest BCUT2D eigenvalue weighted by molar-refractivity contribution is -0.144. The Hall–Kier alpha value is -2.89. The number of esters is 1. The lowest BCUT2D eigenvalue weighted by Crippen LogP contribution is -2.13. The highest BCUT2D eigenvalue weighted by Crippen LogP contribution is 2.31. The normalized spacial score (nSPS) is 10.2. The zero-order chi connectivity index (χ0) is 20.2. The molecule has 2 rings (SSSR count). The molecule has 2 aromatic rings. The van der Waals surface area contributed by atoms with Crippen LogP contribution in [0.25, 0.3) is 0 Å². The Morgan fingerprint density at radius 2 is 1.54 bits per heavy atom. The quantitative estimate of drug-likeness (QED) is 0.404. The van der Waals surface area contributed by atoms with Crippen LogP contribution in [0.5, 0.6) is 23.0 Å². The molecule has 0 fully saturated rings. The molecule has 6 heteroatoms. The van der Waals surface area contributed by atoms with Crippen LogP contribution in [-0.2, 0) is 16.0 Å². The summed E-state index contributed by atoms with van der Waals surface area (Å²) in [4.78, 5) is 12.0. The molecule has 0 amide bonds. The second-order valence-corrected chi connectivity index (χ2v) is 6.04. The zero-order valence-electron chi connectivity index (χ0n) is 16.7. The van der Waals surface area contributed by atoms with Crippen LogP contribution >= 0.6 is 0 Å². The number of methoxy groups -OCH3 is 2. The van der Waals surface area contributed by atoms with Gasteiger partial charge in [0.25, 0.3) is 0 Å². The summed E-state index contributed by atoms with van der Waals surface area (Å²) in [7, 11) is 3.17. The number of para-hydroxylation sites is 1. The van der Waals surface area contributed by atoms with E-state index in [4.69, 9.17) is 23.7 Å². The number of rotatable bonds is 12. The van der Waals surface area contributed by atoms with Crippen molar-refractivity contribution < 1.29 is 28.5 Å². The fourth-order valence-corrected chi connectivity index (χ4v) is 2.63. The van der Waals surface area contributed by atoms with Crippen LogP contribution in [0.4, 0.5) is 0 Å². The van der Waals surface area contributed by atoms with E-state index in [0.29, 0.717) is 36.9 Å². The summed E-state index contributed by atoms with van der Waals surface area (Å²) in [6, 6.07) is 13.0. The first kappa shape index (κ1) is 21.4. The Kier molecular flexibility index (Phi) is 8.98. The van der Waals surface area contributed by atoms with E-state index in [1.165, 1.54) is 0 Å². The van der Waals surface area contributed by atoms with Crippen LogP contribution in [0.2, 0.25) is 0 Å². The van der Waals surface area contributed by atoms with Gasteiger partial charge in [0, 0.05) is 6.42 Å². The number of carbonyl (C=O) groups is 1.